The van der Waals surface area contributed by atoms with E-state index < -0.39 is 12.1 Å². The predicted octanol–water partition coefficient (Wildman–Crippen LogP) is 0.637. The van der Waals surface area contributed by atoms with E-state index >= 15 is 0 Å². The van der Waals surface area contributed by atoms with Crippen LogP contribution in [0.25, 0.3) is 0 Å². The number of carboxylic acids is 1. The van der Waals surface area contributed by atoms with Crippen LogP contribution in [0.1, 0.15) is 26.2 Å². The van der Waals surface area contributed by atoms with Crippen LogP contribution >= 0.6 is 0 Å². The summed E-state index contributed by atoms with van der Waals surface area (Å²) in [7, 11) is 0. The monoisotopic (exact) mass is 188 g/mol. The summed E-state index contributed by atoms with van der Waals surface area (Å²) in [6.45, 7) is 2.35. The van der Waals surface area contributed by atoms with Gasteiger partial charge in [-0.1, -0.05) is 6.92 Å². The van der Waals surface area contributed by atoms with Crippen LogP contribution in [0.3, 0.4) is 0 Å². The summed E-state index contributed by atoms with van der Waals surface area (Å²) in [6, 6.07) is 0. The molecule has 0 aliphatic carbocycles. The van der Waals surface area contributed by atoms with Gasteiger partial charge in [-0.15, -0.1) is 0 Å². The first kappa shape index (κ1) is 10.5. The molecule has 0 bridgehead atoms. The van der Waals surface area contributed by atoms with Crippen molar-refractivity contribution >= 4 is 5.97 Å². The number of hydrogen-bond acceptors (Lipinski definition) is 3. The van der Waals surface area contributed by atoms with Gasteiger partial charge in [0.05, 0.1) is 25.2 Å². The molecule has 1 rings (SSSR count). The van der Waals surface area contributed by atoms with Crippen LogP contribution in [-0.4, -0.2) is 35.0 Å². The third kappa shape index (κ3) is 2.97. The molecule has 3 atom stereocenters. The normalized spacial score (nSPS) is 30.3. The Morgan fingerprint density at radius 3 is 2.92 bits per heavy atom. The summed E-state index contributed by atoms with van der Waals surface area (Å²) in [4.78, 5) is 10.4. The van der Waals surface area contributed by atoms with Crippen LogP contribution in [0.4, 0.5) is 0 Å². The Balaban J connectivity index is 2.31. The zero-order valence-electron chi connectivity index (χ0n) is 7.77. The van der Waals surface area contributed by atoms with Gasteiger partial charge in [0.15, 0.2) is 0 Å². The Kier molecular flexibility index (Phi) is 3.69. The fraction of sp³-hybridized carbons (Fsp3) is 0.889. The fourth-order valence-corrected chi connectivity index (χ4v) is 1.64. The number of carboxylic acid groups (broad SMARTS) is 1. The molecule has 0 saturated carbocycles. The molecule has 1 saturated heterocycles. The molecule has 0 aromatic heterocycles. The molecule has 3 unspecified atom stereocenters. The molecule has 0 amide bonds. The minimum Gasteiger partial charge on any atom is -0.481 e. The summed E-state index contributed by atoms with van der Waals surface area (Å²) < 4.78 is 5.31. The van der Waals surface area contributed by atoms with Crippen molar-refractivity contribution in [3.63, 3.8) is 0 Å². The van der Waals surface area contributed by atoms with Crippen LogP contribution in [-0.2, 0) is 9.53 Å². The van der Waals surface area contributed by atoms with Crippen molar-refractivity contribution in [2.45, 2.75) is 38.4 Å². The highest BCUT2D eigenvalue weighted by molar-refractivity contribution is 5.67. The van der Waals surface area contributed by atoms with E-state index in [1.54, 1.807) is 0 Å². The molecule has 4 nitrogen and oxygen atoms in total. The third-order valence-electron chi connectivity index (χ3n) is 2.42. The molecule has 0 aromatic carbocycles. The average Bonchev–Trinajstić information content (AvgIpc) is 2.50. The lowest BCUT2D eigenvalue weighted by molar-refractivity contribution is -0.138. The van der Waals surface area contributed by atoms with Gasteiger partial charge in [0, 0.05) is 0 Å². The topological polar surface area (TPSA) is 66.8 Å². The van der Waals surface area contributed by atoms with Gasteiger partial charge in [-0.3, -0.25) is 4.79 Å². The van der Waals surface area contributed by atoms with E-state index in [0.717, 1.165) is 0 Å². The Bertz CT molecular complexity index is 180. The van der Waals surface area contributed by atoms with Crippen molar-refractivity contribution < 1.29 is 19.7 Å². The highest BCUT2D eigenvalue weighted by atomic mass is 16.5. The summed E-state index contributed by atoms with van der Waals surface area (Å²) >= 11 is 0. The second-order valence-corrected chi connectivity index (χ2v) is 3.55. The third-order valence-corrected chi connectivity index (χ3v) is 2.42. The molecule has 0 spiro atoms. The van der Waals surface area contributed by atoms with Crippen molar-refractivity contribution in [2.24, 2.45) is 5.92 Å². The van der Waals surface area contributed by atoms with Crippen LogP contribution < -0.4 is 0 Å². The number of aliphatic hydroxyl groups is 1. The van der Waals surface area contributed by atoms with Crippen LogP contribution in [0.5, 0.6) is 0 Å². The molecule has 1 heterocycles. The molecule has 4 heteroatoms. The highest BCUT2D eigenvalue weighted by Gasteiger charge is 2.30. The number of aliphatic carboxylic acids is 1. The van der Waals surface area contributed by atoms with Gasteiger partial charge >= 0.3 is 5.97 Å². The van der Waals surface area contributed by atoms with Gasteiger partial charge in [0.2, 0.25) is 0 Å². The molecule has 1 aliphatic rings. The van der Waals surface area contributed by atoms with E-state index in [2.05, 4.69) is 0 Å². The molecule has 1 fully saturated rings. The maximum Gasteiger partial charge on any atom is 0.303 e. The van der Waals surface area contributed by atoms with E-state index in [9.17, 15) is 9.90 Å². The van der Waals surface area contributed by atoms with Gasteiger partial charge < -0.3 is 14.9 Å². The van der Waals surface area contributed by atoms with Gasteiger partial charge in [-0.05, 0) is 18.8 Å². The molecule has 2 N–H and O–H groups in total. The minimum absolute atomic E-state index is 0.0729. The zero-order valence-corrected chi connectivity index (χ0v) is 7.77. The molecule has 13 heavy (non-hydrogen) atoms. The lowest BCUT2D eigenvalue weighted by atomic mass is 9.99. The molecule has 1 aliphatic heterocycles. The van der Waals surface area contributed by atoms with E-state index in [0.29, 0.717) is 19.4 Å². The second kappa shape index (κ2) is 4.58. The largest absolute Gasteiger partial charge is 0.481 e. The first-order valence-corrected chi connectivity index (χ1v) is 4.65. The smallest absolute Gasteiger partial charge is 0.303 e. The van der Waals surface area contributed by atoms with E-state index in [4.69, 9.17) is 9.84 Å². The van der Waals surface area contributed by atoms with Gasteiger partial charge in [0.25, 0.3) is 0 Å². The highest BCUT2D eigenvalue weighted by Crippen LogP contribution is 2.25. The van der Waals surface area contributed by atoms with Crippen molar-refractivity contribution in [1.82, 2.24) is 0 Å². The Morgan fingerprint density at radius 1 is 1.69 bits per heavy atom. The SMILES string of the molecule is CCC(O)C1CC(CC(=O)O)CO1. The number of hydrogen-bond donors (Lipinski definition) is 2. The van der Waals surface area contributed by atoms with Crippen molar-refractivity contribution in [2.75, 3.05) is 6.61 Å². The van der Waals surface area contributed by atoms with Gasteiger partial charge in [0.1, 0.15) is 0 Å². The summed E-state index contributed by atoms with van der Waals surface area (Å²) in [5, 5.41) is 18.0. The van der Waals surface area contributed by atoms with E-state index in [1.165, 1.54) is 0 Å². The van der Waals surface area contributed by atoms with Crippen molar-refractivity contribution in [3.8, 4) is 0 Å². The van der Waals surface area contributed by atoms with Crippen LogP contribution in [0.2, 0.25) is 0 Å². The standard InChI is InChI=1S/C9H16O4/c1-2-7(10)8-3-6(5-13-8)4-9(11)12/h6-8,10H,2-5H2,1H3,(H,11,12). The molecule has 0 radical (unpaired) electrons. The summed E-state index contributed by atoms with van der Waals surface area (Å²) in [5.74, 6) is -0.719. The maximum atomic E-state index is 10.4. The van der Waals surface area contributed by atoms with Gasteiger partial charge in [-0.25, -0.2) is 0 Å². The van der Waals surface area contributed by atoms with Crippen molar-refractivity contribution in [1.29, 1.82) is 0 Å². The predicted molar refractivity (Wildman–Crippen MR) is 46.4 cm³/mol. The molecular weight excluding hydrogens is 172 g/mol. The minimum atomic E-state index is -0.791. The lowest BCUT2D eigenvalue weighted by Gasteiger charge is -2.14. The molecule has 76 valence electrons. The second-order valence-electron chi connectivity index (χ2n) is 3.55. The van der Waals surface area contributed by atoms with Crippen LogP contribution in [0.15, 0.2) is 0 Å². The van der Waals surface area contributed by atoms with Crippen LogP contribution in [0, 0.1) is 5.92 Å². The lowest BCUT2D eigenvalue weighted by Crippen LogP contribution is -2.24. The zero-order chi connectivity index (χ0) is 9.84. The van der Waals surface area contributed by atoms with E-state index in [-0.39, 0.29) is 18.4 Å². The maximum absolute atomic E-state index is 10.4. The molecular formula is C9H16O4. The summed E-state index contributed by atoms with van der Waals surface area (Å²) in [6.07, 6.45) is 0.867. The van der Waals surface area contributed by atoms with Crippen molar-refractivity contribution in [3.05, 3.63) is 0 Å². The Hall–Kier alpha value is -0.610. The number of rotatable bonds is 4. The average molecular weight is 188 g/mol. The number of ether oxygens (including phenoxy) is 1. The first-order chi connectivity index (χ1) is 6.13. The van der Waals surface area contributed by atoms with E-state index in [1.807, 2.05) is 6.92 Å². The Morgan fingerprint density at radius 2 is 2.38 bits per heavy atom. The number of carbonyl (C=O) groups is 1. The Labute approximate surface area is 77.5 Å². The van der Waals surface area contributed by atoms with Gasteiger partial charge in [-0.2, -0.15) is 0 Å². The number of aliphatic hydroxyl groups excluding tert-OH is 1. The first-order valence-electron chi connectivity index (χ1n) is 4.65. The summed E-state index contributed by atoms with van der Waals surface area (Å²) in [5.41, 5.74) is 0. The quantitative estimate of drug-likeness (QED) is 0.679. The fourth-order valence-electron chi connectivity index (χ4n) is 1.64. The molecule has 0 aromatic rings.